The Morgan fingerprint density at radius 1 is 1.00 bits per heavy atom. The molecule has 2 aliphatic rings. The second-order valence-electron chi connectivity index (χ2n) is 6.01. The quantitative estimate of drug-likeness (QED) is 0.892. The third-order valence-corrected chi connectivity index (χ3v) is 4.54. The summed E-state index contributed by atoms with van der Waals surface area (Å²) in [5.74, 6) is 0. The van der Waals surface area contributed by atoms with E-state index in [0.717, 1.165) is 0 Å². The first kappa shape index (κ1) is 13.1. The van der Waals surface area contributed by atoms with Crippen LogP contribution in [0.2, 0.25) is 0 Å². The number of hydrogen-bond donors (Lipinski definition) is 1. The second-order valence-corrected chi connectivity index (χ2v) is 6.01. The van der Waals surface area contributed by atoms with Gasteiger partial charge in [0.2, 0.25) is 0 Å². The van der Waals surface area contributed by atoms with Gasteiger partial charge in [-0.15, -0.1) is 0 Å². The van der Waals surface area contributed by atoms with Gasteiger partial charge in [-0.1, -0.05) is 18.2 Å². The Morgan fingerprint density at radius 2 is 1.95 bits per heavy atom. The SMILES string of the molecule is c1cc2c(cc1CCCN1CCCNCC1)CCC2. The summed E-state index contributed by atoms with van der Waals surface area (Å²) in [5, 5.41) is 3.47. The van der Waals surface area contributed by atoms with Gasteiger partial charge in [0.25, 0.3) is 0 Å². The third kappa shape index (κ3) is 3.58. The van der Waals surface area contributed by atoms with Gasteiger partial charge in [0.1, 0.15) is 0 Å². The van der Waals surface area contributed by atoms with Gasteiger partial charge in [-0.3, -0.25) is 0 Å². The van der Waals surface area contributed by atoms with Gasteiger partial charge in [-0.2, -0.15) is 0 Å². The minimum absolute atomic E-state index is 1.17. The average Bonchev–Trinajstić information content (AvgIpc) is 2.74. The molecule has 1 N–H and O–H groups in total. The fraction of sp³-hybridized carbons (Fsp3) is 0.647. The predicted molar refractivity (Wildman–Crippen MR) is 80.7 cm³/mol. The van der Waals surface area contributed by atoms with Gasteiger partial charge in [0.15, 0.2) is 0 Å². The number of aryl methyl sites for hydroxylation is 3. The van der Waals surface area contributed by atoms with Crippen LogP contribution in [0.25, 0.3) is 0 Å². The van der Waals surface area contributed by atoms with Crippen molar-refractivity contribution in [2.24, 2.45) is 0 Å². The lowest BCUT2D eigenvalue weighted by atomic mass is 10.0. The topological polar surface area (TPSA) is 15.3 Å². The maximum atomic E-state index is 3.47. The van der Waals surface area contributed by atoms with E-state index in [1.165, 1.54) is 71.2 Å². The van der Waals surface area contributed by atoms with Gasteiger partial charge in [0, 0.05) is 13.1 Å². The van der Waals surface area contributed by atoms with E-state index in [9.17, 15) is 0 Å². The lowest BCUT2D eigenvalue weighted by Gasteiger charge is -2.19. The molecule has 1 aromatic carbocycles. The zero-order valence-corrected chi connectivity index (χ0v) is 12.0. The number of nitrogens with zero attached hydrogens (tertiary/aromatic N) is 1. The number of benzene rings is 1. The lowest BCUT2D eigenvalue weighted by molar-refractivity contribution is 0.289. The monoisotopic (exact) mass is 258 g/mol. The summed E-state index contributed by atoms with van der Waals surface area (Å²) in [5.41, 5.74) is 4.77. The molecule has 1 saturated heterocycles. The van der Waals surface area contributed by atoms with Crippen LogP contribution < -0.4 is 5.32 Å². The van der Waals surface area contributed by atoms with Crippen LogP contribution in [-0.2, 0) is 19.3 Å². The Kier molecular flexibility index (Phi) is 4.52. The van der Waals surface area contributed by atoms with E-state index in [2.05, 4.69) is 28.4 Å². The molecule has 0 radical (unpaired) electrons. The molecule has 0 saturated carbocycles. The van der Waals surface area contributed by atoms with Gasteiger partial charge in [0.05, 0.1) is 0 Å². The summed E-state index contributed by atoms with van der Waals surface area (Å²) in [6, 6.07) is 7.19. The second kappa shape index (κ2) is 6.53. The van der Waals surface area contributed by atoms with E-state index >= 15 is 0 Å². The molecule has 19 heavy (non-hydrogen) atoms. The van der Waals surface area contributed by atoms with E-state index in [4.69, 9.17) is 0 Å². The van der Waals surface area contributed by atoms with Crippen LogP contribution in [0.3, 0.4) is 0 Å². The highest BCUT2D eigenvalue weighted by Gasteiger charge is 2.11. The summed E-state index contributed by atoms with van der Waals surface area (Å²) >= 11 is 0. The fourth-order valence-electron chi connectivity index (χ4n) is 3.41. The van der Waals surface area contributed by atoms with Crippen LogP contribution >= 0.6 is 0 Å². The highest BCUT2D eigenvalue weighted by atomic mass is 15.1. The predicted octanol–water partition coefficient (Wildman–Crippen LogP) is 2.40. The molecular weight excluding hydrogens is 232 g/mol. The third-order valence-electron chi connectivity index (χ3n) is 4.54. The Bertz CT molecular complexity index is 406. The summed E-state index contributed by atoms with van der Waals surface area (Å²) in [4.78, 5) is 2.62. The molecule has 0 unspecified atom stereocenters. The van der Waals surface area contributed by atoms with Gasteiger partial charge in [-0.05, 0) is 74.8 Å². The molecule has 1 aliphatic carbocycles. The van der Waals surface area contributed by atoms with Crippen LogP contribution in [0.4, 0.5) is 0 Å². The van der Waals surface area contributed by atoms with Crippen molar-refractivity contribution in [1.29, 1.82) is 0 Å². The largest absolute Gasteiger partial charge is 0.315 e. The highest BCUT2D eigenvalue weighted by molar-refractivity contribution is 5.35. The van der Waals surface area contributed by atoms with E-state index in [1.54, 1.807) is 16.7 Å². The first-order chi connectivity index (χ1) is 9.42. The molecule has 0 spiro atoms. The van der Waals surface area contributed by atoms with E-state index in [0.29, 0.717) is 0 Å². The summed E-state index contributed by atoms with van der Waals surface area (Å²) in [6.07, 6.45) is 7.83. The van der Waals surface area contributed by atoms with Crippen molar-refractivity contribution in [2.45, 2.75) is 38.5 Å². The van der Waals surface area contributed by atoms with Crippen LogP contribution in [0.1, 0.15) is 36.0 Å². The van der Waals surface area contributed by atoms with Crippen LogP contribution in [0, 0.1) is 0 Å². The molecule has 0 amide bonds. The minimum Gasteiger partial charge on any atom is -0.315 e. The van der Waals surface area contributed by atoms with Crippen molar-refractivity contribution in [3.8, 4) is 0 Å². The van der Waals surface area contributed by atoms with E-state index in [1.807, 2.05) is 0 Å². The summed E-state index contributed by atoms with van der Waals surface area (Å²) in [7, 11) is 0. The number of hydrogen-bond acceptors (Lipinski definition) is 2. The van der Waals surface area contributed by atoms with Crippen molar-refractivity contribution >= 4 is 0 Å². The molecule has 1 fully saturated rings. The normalized spacial score (nSPS) is 20.2. The molecule has 1 aliphatic heterocycles. The Hall–Kier alpha value is -0.860. The molecule has 1 heterocycles. The van der Waals surface area contributed by atoms with E-state index in [-0.39, 0.29) is 0 Å². The standard InChI is InChI=1S/C17H26N2/c1-5-16-8-7-15(14-17(16)6-1)4-2-11-19-12-3-9-18-10-13-19/h7-8,14,18H,1-6,9-13H2. The fourth-order valence-corrected chi connectivity index (χ4v) is 3.41. The zero-order chi connectivity index (χ0) is 12.9. The first-order valence-electron chi connectivity index (χ1n) is 7.95. The van der Waals surface area contributed by atoms with Crippen molar-refractivity contribution < 1.29 is 0 Å². The molecule has 2 nitrogen and oxygen atoms in total. The van der Waals surface area contributed by atoms with Crippen molar-refractivity contribution in [2.75, 3.05) is 32.7 Å². The first-order valence-corrected chi connectivity index (χ1v) is 7.95. The molecule has 2 heteroatoms. The van der Waals surface area contributed by atoms with Crippen molar-refractivity contribution in [3.05, 3.63) is 34.9 Å². The Morgan fingerprint density at radius 3 is 2.95 bits per heavy atom. The van der Waals surface area contributed by atoms with E-state index < -0.39 is 0 Å². The van der Waals surface area contributed by atoms with Crippen molar-refractivity contribution in [3.63, 3.8) is 0 Å². The summed E-state index contributed by atoms with van der Waals surface area (Å²) in [6.45, 7) is 6.13. The van der Waals surface area contributed by atoms with Crippen LogP contribution in [0.15, 0.2) is 18.2 Å². The molecule has 0 aromatic heterocycles. The molecule has 0 atom stereocenters. The number of rotatable bonds is 4. The van der Waals surface area contributed by atoms with Crippen molar-refractivity contribution in [1.82, 2.24) is 10.2 Å². The maximum absolute atomic E-state index is 3.47. The van der Waals surface area contributed by atoms with Crippen LogP contribution in [0.5, 0.6) is 0 Å². The Labute approximate surface area is 117 Å². The molecule has 0 bridgehead atoms. The Balaban J connectivity index is 1.46. The lowest BCUT2D eigenvalue weighted by Crippen LogP contribution is -2.29. The molecular formula is C17H26N2. The molecule has 1 aromatic rings. The number of nitrogens with one attached hydrogen (secondary N) is 1. The minimum atomic E-state index is 1.17. The molecule has 3 rings (SSSR count). The van der Waals surface area contributed by atoms with Gasteiger partial charge < -0.3 is 10.2 Å². The van der Waals surface area contributed by atoms with Gasteiger partial charge >= 0.3 is 0 Å². The smallest absolute Gasteiger partial charge is 0.0107 e. The molecule has 104 valence electrons. The van der Waals surface area contributed by atoms with Gasteiger partial charge in [-0.25, -0.2) is 0 Å². The van der Waals surface area contributed by atoms with Crippen LogP contribution in [-0.4, -0.2) is 37.6 Å². The maximum Gasteiger partial charge on any atom is 0.0107 e. The number of fused-ring (bicyclic) bond motifs is 1. The zero-order valence-electron chi connectivity index (χ0n) is 12.0. The summed E-state index contributed by atoms with van der Waals surface area (Å²) < 4.78 is 0. The average molecular weight is 258 g/mol. The highest BCUT2D eigenvalue weighted by Crippen LogP contribution is 2.23.